The Morgan fingerprint density at radius 1 is 1.28 bits per heavy atom. The van der Waals surface area contributed by atoms with Gasteiger partial charge in [0.2, 0.25) is 0 Å². The van der Waals surface area contributed by atoms with Gasteiger partial charge in [0, 0.05) is 47.1 Å². The normalized spacial score (nSPS) is 26.1. The lowest BCUT2D eigenvalue weighted by Gasteiger charge is -2.38. The van der Waals surface area contributed by atoms with Crippen molar-refractivity contribution in [1.29, 1.82) is 0 Å². The van der Waals surface area contributed by atoms with Crippen LogP contribution in [0.25, 0.3) is 10.9 Å². The fourth-order valence-corrected chi connectivity index (χ4v) is 5.74. The third-order valence-electron chi connectivity index (χ3n) is 7.42. The number of rotatable bonds is 4. The van der Waals surface area contributed by atoms with Gasteiger partial charge in [-0.25, -0.2) is 9.18 Å². The highest BCUT2D eigenvalue weighted by Crippen LogP contribution is 2.58. The van der Waals surface area contributed by atoms with Crippen LogP contribution in [0.2, 0.25) is 0 Å². The summed E-state index contributed by atoms with van der Waals surface area (Å²) in [5, 5.41) is 0.856. The summed E-state index contributed by atoms with van der Waals surface area (Å²) in [4.78, 5) is 12.3. The summed E-state index contributed by atoms with van der Waals surface area (Å²) < 4.78 is 27.2. The first-order valence-electron chi connectivity index (χ1n) is 11.1. The molecule has 6 nitrogen and oxygen atoms in total. The van der Waals surface area contributed by atoms with E-state index in [4.69, 9.17) is 20.9 Å². The number of aromatic nitrogens is 1. The summed E-state index contributed by atoms with van der Waals surface area (Å²) in [6, 6.07) is 10.0. The molecule has 0 amide bonds. The van der Waals surface area contributed by atoms with Gasteiger partial charge in [0.25, 0.3) is 0 Å². The van der Waals surface area contributed by atoms with Crippen LogP contribution >= 0.6 is 0 Å². The molecule has 0 bridgehead atoms. The molecule has 166 valence electrons. The fourth-order valence-electron chi connectivity index (χ4n) is 5.74. The fraction of sp³-hybridized carbons (Fsp3) is 0.400. The number of hydrogen-bond acceptors (Lipinski definition) is 5. The minimum atomic E-state index is -0.731. The van der Waals surface area contributed by atoms with Gasteiger partial charge in [-0.1, -0.05) is 0 Å². The molecule has 2 aromatic carbocycles. The highest BCUT2D eigenvalue weighted by atomic mass is 19.1. The quantitative estimate of drug-likeness (QED) is 0.610. The first-order valence-corrected chi connectivity index (χ1v) is 11.1. The molecule has 2 heterocycles. The highest BCUT2D eigenvalue weighted by molar-refractivity contribution is 5.91. The number of nitrogens with two attached hydrogens (primary N) is 2. The first kappa shape index (κ1) is 19.8. The molecule has 1 aliphatic heterocycles. The first-order chi connectivity index (χ1) is 15.4. The molecule has 6 rings (SSSR count). The second-order valence-electron chi connectivity index (χ2n) is 9.40. The van der Waals surface area contributed by atoms with Gasteiger partial charge in [-0.15, -0.1) is 0 Å². The molecule has 3 aromatic rings. The molecule has 0 spiro atoms. The molecular formula is C25H26FN3O3. The van der Waals surface area contributed by atoms with Crippen LogP contribution in [0.4, 0.5) is 4.39 Å². The topological polar surface area (TPSA) is 92.5 Å². The van der Waals surface area contributed by atoms with E-state index in [0.717, 1.165) is 34.3 Å². The third kappa shape index (κ3) is 2.74. The average Bonchev–Trinajstić information content (AvgIpc) is 3.49. The van der Waals surface area contributed by atoms with Crippen LogP contribution in [0.15, 0.2) is 36.4 Å². The van der Waals surface area contributed by atoms with Crippen LogP contribution in [0.5, 0.6) is 5.75 Å². The van der Waals surface area contributed by atoms with Crippen LogP contribution in [0.3, 0.4) is 0 Å². The number of benzene rings is 2. The summed E-state index contributed by atoms with van der Waals surface area (Å²) in [5.74, 6) is 0.312. The van der Waals surface area contributed by atoms with Crippen LogP contribution in [0, 0.1) is 11.7 Å². The molecule has 1 fully saturated rings. The summed E-state index contributed by atoms with van der Waals surface area (Å²) in [6.45, 7) is 1.31. The van der Waals surface area contributed by atoms with Crippen molar-refractivity contribution in [2.45, 2.75) is 43.3 Å². The average molecular weight is 435 g/mol. The molecule has 1 saturated carbocycles. The summed E-state index contributed by atoms with van der Waals surface area (Å²) >= 11 is 0. The molecule has 4 N–H and O–H groups in total. The molecule has 32 heavy (non-hydrogen) atoms. The van der Waals surface area contributed by atoms with Crippen molar-refractivity contribution in [3.63, 3.8) is 0 Å². The maximum Gasteiger partial charge on any atom is 0.337 e. The van der Waals surface area contributed by atoms with Gasteiger partial charge in [-0.2, -0.15) is 0 Å². The number of halogens is 1. The second kappa shape index (κ2) is 6.80. The summed E-state index contributed by atoms with van der Waals surface area (Å²) in [5.41, 5.74) is 17.4. The van der Waals surface area contributed by atoms with Crippen LogP contribution in [0.1, 0.15) is 58.4 Å². The van der Waals surface area contributed by atoms with Gasteiger partial charge in [0.05, 0.1) is 24.8 Å². The molecule has 0 saturated heterocycles. The van der Waals surface area contributed by atoms with E-state index in [1.54, 1.807) is 18.2 Å². The van der Waals surface area contributed by atoms with Crippen molar-refractivity contribution in [1.82, 2.24) is 4.57 Å². The van der Waals surface area contributed by atoms with Crippen LogP contribution in [-0.2, 0) is 16.8 Å². The number of carbonyl (C=O) groups is 1. The Morgan fingerprint density at radius 3 is 2.84 bits per heavy atom. The van der Waals surface area contributed by atoms with Crippen molar-refractivity contribution < 1.29 is 18.7 Å². The Labute approximate surface area is 185 Å². The lowest BCUT2D eigenvalue weighted by molar-refractivity contribution is 0.0599. The largest absolute Gasteiger partial charge is 0.493 e. The minimum absolute atomic E-state index is 0.220. The van der Waals surface area contributed by atoms with E-state index in [1.165, 1.54) is 26.0 Å². The van der Waals surface area contributed by atoms with Gasteiger partial charge >= 0.3 is 5.97 Å². The zero-order valence-electron chi connectivity index (χ0n) is 17.9. The van der Waals surface area contributed by atoms with E-state index in [2.05, 4.69) is 4.57 Å². The zero-order valence-corrected chi connectivity index (χ0v) is 17.9. The van der Waals surface area contributed by atoms with Gasteiger partial charge in [-0.3, -0.25) is 0 Å². The highest BCUT2D eigenvalue weighted by Gasteiger charge is 2.54. The Kier molecular flexibility index (Phi) is 4.20. The molecule has 1 aromatic heterocycles. The van der Waals surface area contributed by atoms with Crippen molar-refractivity contribution in [3.8, 4) is 5.75 Å². The molecule has 2 aliphatic carbocycles. The monoisotopic (exact) mass is 435 g/mol. The Hall–Kier alpha value is -2.90. The molecule has 3 atom stereocenters. The van der Waals surface area contributed by atoms with E-state index in [0.29, 0.717) is 30.3 Å². The number of carbonyl (C=O) groups excluding carboxylic acids is 1. The molecular weight excluding hydrogens is 409 g/mol. The summed E-state index contributed by atoms with van der Waals surface area (Å²) in [6.07, 6.45) is 3.01. The van der Waals surface area contributed by atoms with Crippen LogP contribution < -0.4 is 16.2 Å². The number of ether oxygens (including phenoxy) is 2. The number of methoxy groups -OCH3 is 1. The maximum absolute atomic E-state index is 14.0. The molecule has 7 heteroatoms. The van der Waals surface area contributed by atoms with E-state index in [1.807, 2.05) is 12.1 Å². The lowest BCUT2D eigenvalue weighted by atomic mass is 9.77. The van der Waals surface area contributed by atoms with E-state index >= 15 is 0 Å². The van der Waals surface area contributed by atoms with Gasteiger partial charge in [-0.05, 0) is 60.7 Å². The smallest absolute Gasteiger partial charge is 0.337 e. The zero-order chi connectivity index (χ0) is 22.2. The Morgan fingerprint density at radius 2 is 2.09 bits per heavy atom. The number of esters is 1. The number of nitrogens with zero attached hydrogens (tertiary/aromatic N) is 1. The minimum Gasteiger partial charge on any atom is -0.493 e. The lowest BCUT2D eigenvalue weighted by Crippen LogP contribution is -2.45. The SMILES string of the molecule is COC(=O)c1cc2c3c(c1)C(N)C(c1cc4cc(F)ccc4n1CC1CC1)C3(N)CCO2. The second-order valence-corrected chi connectivity index (χ2v) is 9.40. The predicted octanol–water partition coefficient (Wildman–Crippen LogP) is 3.71. The number of fused-ring (bicyclic) bond motifs is 1. The van der Waals surface area contributed by atoms with Gasteiger partial charge in [0.15, 0.2) is 0 Å². The maximum atomic E-state index is 14.0. The predicted molar refractivity (Wildman–Crippen MR) is 118 cm³/mol. The molecule has 3 aliphatic rings. The van der Waals surface area contributed by atoms with Gasteiger partial charge in [0.1, 0.15) is 11.6 Å². The van der Waals surface area contributed by atoms with E-state index in [9.17, 15) is 9.18 Å². The van der Waals surface area contributed by atoms with Crippen molar-refractivity contribution in [3.05, 3.63) is 64.6 Å². The van der Waals surface area contributed by atoms with Crippen molar-refractivity contribution >= 4 is 16.9 Å². The third-order valence-corrected chi connectivity index (χ3v) is 7.42. The summed E-state index contributed by atoms with van der Waals surface area (Å²) in [7, 11) is 1.35. The van der Waals surface area contributed by atoms with E-state index in [-0.39, 0.29) is 11.7 Å². The van der Waals surface area contributed by atoms with E-state index < -0.39 is 17.6 Å². The van der Waals surface area contributed by atoms with Crippen LogP contribution in [-0.4, -0.2) is 24.3 Å². The number of hydrogen-bond donors (Lipinski definition) is 2. The Bertz CT molecular complexity index is 1270. The Balaban J connectivity index is 1.56. The van der Waals surface area contributed by atoms with Crippen molar-refractivity contribution in [2.24, 2.45) is 17.4 Å². The molecule has 0 radical (unpaired) electrons. The molecule has 3 unspecified atom stereocenters. The van der Waals surface area contributed by atoms with Crippen molar-refractivity contribution in [2.75, 3.05) is 13.7 Å². The standard InChI is InChI=1S/C25H26FN3O3/c1-31-24(30)15-9-17-21-20(11-15)32-7-6-25(21,28)22(23(17)27)19-10-14-8-16(26)4-5-18(14)29(19)12-13-2-3-13/h4-5,8-11,13,22-23H,2-3,6-7,12,27-28H2,1H3. The van der Waals surface area contributed by atoms with Gasteiger partial charge < -0.3 is 25.5 Å².